The van der Waals surface area contributed by atoms with Crippen LogP contribution in [0.1, 0.15) is 11.1 Å². The van der Waals surface area contributed by atoms with Gasteiger partial charge in [0, 0.05) is 5.69 Å². The lowest BCUT2D eigenvalue weighted by Crippen LogP contribution is -2.01. The van der Waals surface area contributed by atoms with Gasteiger partial charge < -0.3 is 11.1 Å². The van der Waals surface area contributed by atoms with E-state index in [1.54, 1.807) is 12.1 Å². The van der Waals surface area contributed by atoms with E-state index in [0.29, 0.717) is 11.4 Å². The fraction of sp³-hybridized carbons (Fsp3) is 0.143. The maximum absolute atomic E-state index is 13.7. The molecule has 3 N–H and O–H groups in total. The summed E-state index contributed by atoms with van der Waals surface area (Å²) < 4.78 is 13.7. The van der Waals surface area contributed by atoms with Crippen LogP contribution in [0.15, 0.2) is 36.4 Å². The molecule has 0 aliphatic carbocycles. The zero-order valence-corrected chi connectivity index (χ0v) is 9.92. The van der Waals surface area contributed by atoms with E-state index in [-0.39, 0.29) is 5.82 Å². The van der Waals surface area contributed by atoms with Gasteiger partial charge >= 0.3 is 0 Å². The second kappa shape index (κ2) is 4.45. The van der Waals surface area contributed by atoms with Crippen LogP contribution < -0.4 is 11.1 Å². The van der Waals surface area contributed by atoms with Crippen LogP contribution in [0.25, 0.3) is 0 Å². The molecule has 17 heavy (non-hydrogen) atoms. The summed E-state index contributed by atoms with van der Waals surface area (Å²) in [5.74, 6) is -0.340. The Morgan fingerprint density at radius 2 is 1.53 bits per heavy atom. The number of benzene rings is 2. The zero-order chi connectivity index (χ0) is 12.4. The summed E-state index contributed by atoms with van der Waals surface area (Å²) >= 11 is 0. The number of nitrogens with two attached hydrogens (primary N) is 1. The molecule has 3 heteroatoms. The van der Waals surface area contributed by atoms with Gasteiger partial charge in [0.15, 0.2) is 0 Å². The van der Waals surface area contributed by atoms with Gasteiger partial charge in [0.1, 0.15) is 5.82 Å². The molecule has 0 saturated carbocycles. The minimum Gasteiger partial charge on any atom is -0.397 e. The molecule has 0 atom stereocenters. The van der Waals surface area contributed by atoms with Crippen molar-refractivity contribution in [1.82, 2.24) is 0 Å². The van der Waals surface area contributed by atoms with E-state index in [2.05, 4.69) is 5.32 Å². The molecule has 0 bridgehead atoms. The van der Waals surface area contributed by atoms with Crippen molar-refractivity contribution in [2.75, 3.05) is 11.1 Å². The third kappa shape index (κ3) is 2.23. The van der Waals surface area contributed by atoms with Gasteiger partial charge in [0.25, 0.3) is 0 Å². The number of halogens is 1. The van der Waals surface area contributed by atoms with Crippen LogP contribution in [0.5, 0.6) is 0 Å². The fourth-order valence-corrected chi connectivity index (χ4v) is 1.81. The van der Waals surface area contributed by atoms with E-state index in [1.165, 1.54) is 6.07 Å². The van der Waals surface area contributed by atoms with Gasteiger partial charge in [-0.2, -0.15) is 0 Å². The maximum Gasteiger partial charge on any atom is 0.148 e. The third-order valence-corrected chi connectivity index (χ3v) is 2.78. The van der Waals surface area contributed by atoms with Gasteiger partial charge in [-0.25, -0.2) is 4.39 Å². The average molecular weight is 230 g/mol. The molecule has 0 aliphatic heterocycles. The molecule has 0 aromatic heterocycles. The lowest BCUT2D eigenvalue weighted by Gasteiger charge is -2.14. The lowest BCUT2D eigenvalue weighted by atomic mass is 10.1. The summed E-state index contributed by atoms with van der Waals surface area (Å²) in [6, 6.07) is 10.6. The third-order valence-electron chi connectivity index (χ3n) is 2.78. The molecular formula is C14H15FN2. The van der Waals surface area contributed by atoms with Crippen molar-refractivity contribution in [2.24, 2.45) is 0 Å². The smallest absolute Gasteiger partial charge is 0.148 e. The lowest BCUT2D eigenvalue weighted by molar-refractivity contribution is 0.632. The summed E-state index contributed by atoms with van der Waals surface area (Å²) in [5.41, 5.74) is 9.55. The summed E-state index contributed by atoms with van der Waals surface area (Å²) in [6.07, 6.45) is 0. The highest BCUT2D eigenvalue weighted by Gasteiger charge is 2.08. The molecule has 0 unspecified atom stereocenters. The Labute approximate surface area is 100 Å². The van der Waals surface area contributed by atoms with Crippen LogP contribution in [0.2, 0.25) is 0 Å². The number of para-hydroxylation sites is 2. The number of aryl methyl sites for hydroxylation is 2. The van der Waals surface area contributed by atoms with E-state index in [9.17, 15) is 4.39 Å². The Hall–Kier alpha value is -2.03. The van der Waals surface area contributed by atoms with E-state index in [4.69, 9.17) is 5.73 Å². The van der Waals surface area contributed by atoms with E-state index >= 15 is 0 Å². The van der Waals surface area contributed by atoms with Crippen molar-refractivity contribution in [3.05, 3.63) is 53.3 Å². The molecule has 0 amide bonds. The number of anilines is 3. The summed E-state index contributed by atoms with van der Waals surface area (Å²) in [5, 5.41) is 3.08. The van der Waals surface area contributed by atoms with E-state index < -0.39 is 0 Å². The van der Waals surface area contributed by atoms with Gasteiger partial charge in [0.05, 0.1) is 11.4 Å². The number of nitrogens with one attached hydrogen (secondary N) is 1. The summed E-state index contributed by atoms with van der Waals surface area (Å²) in [6.45, 7) is 3.96. The standard InChI is InChI=1S/C14H15FN2/c1-9-5-3-6-10(2)13(9)17-14-11(15)7-4-8-12(14)16/h3-8,17H,16H2,1-2H3. The first-order chi connectivity index (χ1) is 8.09. The minimum absolute atomic E-state index is 0.338. The largest absolute Gasteiger partial charge is 0.397 e. The molecule has 0 aliphatic rings. The van der Waals surface area contributed by atoms with Gasteiger partial charge in [-0.1, -0.05) is 24.3 Å². The molecule has 0 fully saturated rings. The Morgan fingerprint density at radius 1 is 0.941 bits per heavy atom. The molecule has 2 aromatic rings. The quantitative estimate of drug-likeness (QED) is 0.771. The van der Waals surface area contributed by atoms with Crippen LogP contribution in [0.3, 0.4) is 0 Å². The predicted octanol–water partition coefficient (Wildman–Crippen LogP) is 3.77. The van der Waals surface area contributed by atoms with Crippen molar-refractivity contribution in [2.45, 2.75) is 13.8 Å². The minimum atomic E-state index is -0.340. The van der Waals surface area contributed by atoms with E-state index in [1.807, 2.05) is 32.0 Å². The van der Waals surface area contributed by atoms with Gasteiger partial charge in [-0.3, -0.25) is 0 Å². The zero-order valence-electron chi connectivity index (χ0n) is 9.92. The average Bonchev–Trinajstić information content (AvgIpc) is 2.27. The first kappa shape index (κ1) is 11.5. The Morgan fingerprint density at radius 3 is 2.12 bits per heavy atom. The Kier molecular flexibility index (Phi) is 3.00. The second-order valence-corrected chi connectivity index (χ2v) is 4.10. The Bertz CT molecular complexity index is 460. The summed E-state index contributed by atoms with van der Waals surface area (Å²) in [7, 11) is 0. The number of nitrogen functional groups attached to an aromatic ring is 1. The van der Waals surface area contributed by atoms with Gasteiger partial charge in [-0.15, -0.1) is 0 Å². The van der Waals surface area contributed by atoms with Crippen LogP contribution >= 0.6 is 0 Å². The van der Waals surface area contributed by atoms with Gasteiger partial charge in [-0.05, 0) is 37.1 Å². The molecule has 0 saturated heterocycles. The van der Waals surface area contributed by atoms with Crippen molar-refractivity contribution in [3.8, 4) is 0 Å². The SMILES string of the molecule is Cc1cccc(C)c1Nc1c(N)cccc1F. The van der Waals surface area contributed by atoms with Crippen molar-refractivity contribution in [3.63, 3.8) is 0 Å². The summed E-state index contributed by atoms with van der Waals surface area (Å²) in [4.78, 5) is 0. The highest BCUT2D eigenvalue weighted by atomic mass is 19.1. The van der Waals surface area contributed by atoms with Crippen molar-refractivity contribution in [1.29, 1.82) is 0 Å². The molecule has 2 rings (SSSR count). The monoisotopic (exact) mass is 230 g/mol. The molecule has 0 spiro atoms. The maximum atomic E-state index is 13.7. The van der Waals surface area contributed by atoms with Crippen LogP contribution in [-0.4, -0.2) is 0 Å². The highest BCUT2D eigenvalue weighted by molar-refractivity contribution is 5.75. The van der Waals surface area contributed by atoms with E-state index in [0.717, 1.165) is 16.8 Å². The molecule has 2 nitrogen and oxygen atoms in total. The number of hydrogen-bond acceptors (Lipinski definition) is 2. The van der Waals surface area contributed by atoms with Crippen molar-refractivity contribution >= 4 is 17.1 Å². The van der Waals surface area contributed by atoms with Crippen LogP contribution in [-0.2, 0) is 0 Å². The van der Waals surface area contributed by atoms with Crippen LogP contribution in [0.4, 0.5) is 21.5 Å². The first-order valence-corrected chi connectivity index (χ1v) is 5.47. The normalized spacial score (nSPS) is 10.3. The van der Waals surface area contributed by atoms with Crippen molar-refractivity contribution < 1.29 is 4.39 Å². The second-order valence-electron chi connectivity index (χ2n) is 4.10. The first-order valence-electron chi connectivity index (χ1n) is 5.47. The van der Waals surface area contributed by atoms with Crippen LogP contribution in [0, 0.1) is 19.7 Å². The predicted molar refractivity (Wildman–Crippen MR) is 70.0 cm³/mol. The number of rotatable bonds is 2. The molecule has 88 valence electrons. The molecular weight excluding hydrogens is 215 g/mol. The van der Waals surface area contributed by atoms with Gasteiger partial charge in [0.2, 0.25) is 0 Å². The topological polar surface area (TPSA) is 38.0 Å². The highest BCUT2D eigenvalue weighted by Crippen LogP contribution is 2.29. The molecule has 0 heterocycles. The Balaban J connectivity index is 2.45. The molecule has 0 radical (unpaired) electrons. The fourth-order valence-electron chi connectivity index (χ4n) is 1.81. The molecule has 2 aromatic carbocycles. The number of hydrogen-bond donors (Lipinski definition) is 2.